The van der Waals surface area contributed by atoms with E-state index >= 15 is 0 Å². The van der Waals surface area contributed by atoms with Gasteiger partial charge in [0.25, 0.3) is 0 Å². The quantitative estimate of drug-likeness (QED) is 0.866. The fourth-order valence-electron chi connectivity index (χ4n) is 2.80. The van der Waals surface area contributed by atoms with Gasteiger partial charge in [0.2, 0.25) is 5.91 Å². The topological polar surface area (TPSA) is 50.4 Å². The van der Waals surface area contributed by atoms with Gasteiger partial charge in [-0.1, -0.05) is 19.1 Å². The van der Waals surface area contributed by atoms with Crippen molar-refractivity contribution in [2.24, 2.45) is 5.41 Å². The van der Waals surface area contributed by atoms with E-state index in [1.54, 1.807) is 7.11 Å². The second-order valence-electron chi connectivity index (χ2n) is 5.42. The standard InChI is InChI=1S/C16H24N2O2/c1-3-16(7-9-17-10-8-16)15(19)18-12-13-5-4-6-14(11-13)20-2/h4-6,11,17H,3,7-10,12H2,1-2H3,(H,18,19). The van der Waals surface area contributed by atoms with Crippen molar-refractivity contribution >= 4 is 5.91 Å². The van der Waals surface area contributed by atoms with Gasteiger partial charge in [-0.25, -0.2) is 0 Å². The summed E-state index contributed by atoms with van der Waals surface area (Å²) < 4.78 is 5.20. The zero-order chi connectivity index (χ0) is 14.4. The normalized spacial score (nSPS) is 17.5. The van der Waals surface area contributed by atoms with Crippen LogP contribution in [0.5, 0.6) is 5.75 Å². The van der Waals surface area contributed by atoms with Crippen LogP contribution < -0.4 is 15.4 Å². The van der Waals surface area contributed by atoms with Gasteiger partial charge in [-0.15, -0.1) is 0 Å². The van der Waals surface area contributed by atoms with Crippen molar-refractivity contribution in [3.05, 3.63) is 29.8 Å². The van der Waals surface area contributed by atoms with Crippen LogP contribution in [-0.4, -0.2) is 26.1 Å². The zero-order valence-corrected chi connectivity index (χ0v) is 12.4. The van der Waals surface area contributed by atoms with E-state index in [4.69, 9.17) is 4.74 Å². The first-order valence-corrected chi connectivity index (χ1v) is 7.32. The maximum atomic E-state index is 12.5. The second-order valence-corrected chi connectivity index (χ2v) is 5.42. The summed E-state index contributed by atoms with van der Waals surface area (Å²) in [6.07, 6.45) is 2.75. The van der Waals surface area contributed by atoms with Gasteiger partial charge in [0.05, 0.1) is 12.5 Å². The summed E-state index contributed by atoms with van der Waals surface area (Å²) in [6.45, 7) is 4.53. The van der Waals surface area contributed by atoms with Crippen molar-refractivity contribution in [3.8, 4) is 5.75 Å². The number of benzene rings is 1. The molecule has 0 saturated carbocycles. The van der Waals surface area contributed by atoms with Crippen LogP contribution in [0.25, 0.3) is 0 Å². The summed E-state index contributed by atoms with van der Waals surface area (Å²) >= 11 is 0. The lowest BCUT2D eigenvalue weighted by Gasteiger charge is -2.35. The van der Waals surface area contributed by atoms with Crippen LogP contribution in [0.3, 0.4) is 0 Å². The first-order chi connectivity index (χ1) is 9.70. The maximum Gasteiger partial charge on any atom is 0.226 e. The fourth-order valence-corrected chi connectivity index (χ4v) is 2.80. The molecule has 0 spiro atoms. The van der Waals surface area contributed by atoms with E-state index in [0.717, 1.165) is 43.7 Å². The highest BCUT2D eigenvalue weighted by Crippen LogP contribution is 2.32. The molecule has 1 amide bonds. The van der Waals surface area contributed by atoms with E-state index in [1.807, 2.05) is 24.3 Å². The second kappa shape index (κ2) is 6.75. The SMILES string of the molecule is CCC1(C(=O)NCc2cccc(OC)c2)CCNCC1. The first-order valence-electron chi connectivity index (χ1n) is 7.32. The number of methoxy groups -OCH3 is 1. The summed E-state index contributed by atoms with van der Waals surface area (Å²) in [5.41, 5.74) is 0.877. The molecule has 4 heteroatoms. The van der Waals surface area contributed by atoms with E-state index in [-0.39, 0.29) is 11.3 Å². The number of amides is 1. The van der Waals surface area contributed by atoms with Gasteiger partial charge in [0, 0.05) is 6.54 Å². The molecule has 1 aromatic rings. The minimum Gasteiger partial charge on any atom is -0.497 e. The molecule has 0 atom stereocenters. The van der Waals surface area contributed by atoms with Crippen molar-refractivity contribution in [2.75, 3.05) is 20.2 Å². The third kappa shape index (κ3) is 3.31. The van der Waals surface area contributed by atoms with Crippen molar-refractivity contribution in [1.29, 1.82) is 0 Å². The van der Waals surface area contributed by atoms with Gasteiger partial charge in [-0.3, -0.25) is 4.79 Å². The Morgan fingerprint density at radius 1 is 1.40 bits per heavy atom. The van der Waals surface area contributed by atoms with Crippen LogP contribution in [0.2, 0.25) is 0 Å². The molecule has 2 rings (SSSR count). The monoisotopic (exact) mass is 276 g/mol. The molecule has 1 aliphatic rings. The van der Waals surface area contributed by atoms with E-state index in [1.165, 1.54) is 0 Å². The molecule has 4 nitrogen and oxygen atoms in total. The average Bonchev–Trinajstić information content (AvgIpc) is 2.53. The van der Waals surface area contributed by atoms with Crippen molar-refractivity contribution in [1.82, 2.24) is 10.6 Å². The van der Waals surface area contributed by atoms with E-state index in [0.29, 0.717) is 6.54 Å². The molecule has 1 heterocycles. The zero-order valence-electron chi connectivity index (χ0n) is 12.4. The smallest absolute Gasteiger partial charge is 0.226 e. The molecule has 1 fully saturated rings. The largest absolute Gasteiger partial charge is 0.497 e. The highest BCUT2D eigenvalue weighted by atomic mass is 16.5. The van der Waals surface area contributed by atoms with E-state index < -0.39 is 0 Å². The van der Waals surface area contributed by atoms with Crippen molar-refractivity contribution in [3.63, 3.8) is 0 Å². The summed E-state index contributed by atoms with van der Waals surface area (Å²) in [4.78, 5) is 12.5. The molecule has 0 aliphatic carbocycles. The molecule has 1 saturated heterocycles. The van der Waals surface area contributed by atoms with Gasteiger partial charge in [-0.05, 0) is 50.0 Å². The Morgan fingerprint density at radius 3 is 2.80 bits per heavy atom. The van der Waals surface area contributed by atoms with Gasteiger partial charge in [-0.2, -0.15) is 0 Å². The van der Waals surface area contributed by atoms with Gasteiger partial charge in [0.15, 0.2) is 0 Å². The third-order valence-corrected chi connectivity index (χ3v) is 4.31. The minimum atomic E-state index is -0.190. The molecular weight excluding hydrogens is 252 g/mol. The number of hydrogen-bond donors (Lipinski definition) is 2. The highest BCUT2D eigenvalue weighted by molar-refractivity contribution is 5.82. The Labute approximate surface area is 120 Å². The minimum absolute atomic E-state index is 0.185. The first kappa shape index (κ1) is 14.9. The van der Waals surface area contributed by atoms with Crippen LogP contribution in [0.4, 0.5) is 0 Å². The van der Waals surface area contributed by atoms with Crippen LogP contribution >= 0.6 is 0 Å². The molecule has 20 heavy (non-hydrogen) atoms. The molecule has 2 N–H and O–H groups in total. The molecule has 0 aromatic heterocycles. The van der Waals surface area contributed by atoms with Crippen molar-refractivity contribution < 1.29 is 9.53 Å². The Morgan fingerprint density at radius 2 is 2.15 bits per heavy atom. The molecule has 0 radical (unpaired) electrons. The Kier molecular flexibility index (Phi) is 5.01. The lowest BCUT2D eigenvalue weighted by atomic mass is 9.76. The Hall–Kier alpha value is -1.55. The third-order valence-electron chi connectivity index (χ3n) is 4.31. The summed E-state index contributed by atoms with van der Waals surface area (Å²) in [6, 6.07) is 7.82. The average molecular weight is 276 g/mol. The van der Waals surface area contributed by atoms with Crippen LogP contribution in [0.1, 0.15) is 31.7 Å². The van der Waals surface area contributed by atoms with Gasteiger partial charge < -0.3 is 15.4 Å². The molecule has 110 valence electrons. The number of rotatable bonds is 5. The van der Waals surface area contributed by atoms with E-state index in [2.05, 4.69) is 17.6 Å². The molecule has 0 bridgehead atoms. The number of piperidine rings is 1. The summed E-state index contributed by atoms with van der Waals surface area (Å²) in [7, 11) is 1.65. The Balaban J connectivity index is 1.96. The molecule has 0 unspecified atom stereocenters. The molecule has 1 aromatic carbocycles. The van der Waals surface area contributed by atoms with Crippen LogP contribution in [-0.2, 0) is 11.3 Å². The lowest BCUT2D eigenvalue weighted by Crippen LogP contribution is -2.47. The van der Waals surface area contributed by atoms with Crippen LogP contribution in [0, 0.1) is 5.41 Å². The number of hydrogen-bond acceptors (Lipinski definition) is 3. The summed E-state index contributed by atoms with van der Waals surface area (Å²) in [5, 5.41) is 6.41. The number of carbonyl (C=O) groups excluding carboxylic acids is 1. The van der Waals surface area contributed by atoms with E-state index in [9.17, 15) is 4.79 Å². The number of carbonyl (C=O) groups is 1. The van der Waals surface area contributed by atoms with Gasteiger partial charge in [0.1, 0.15) is 5.75 Å². The Bertz CT molecular complexity index is 454. The predicted molar refractivity (Wildman–Crippen MR) is 79.7 cm³/mol. The number of ether oxygens (including phenoxy) is 1. The highest BCUT2D eigenvalue weighted by Gasteiger charge is 2.37. The van der Waals surface area contributed by atoms with Crippen LogP contribution in [0.15, 0.2) is 24.3 Å². The molecule has 1 aliphatic heterocycles. The molecular formula is C16H24N2O2. The van der Waals surface area contributed by atoms with Gasteiger partial charge >= 0.3 is 0 Å². The van der Waals surface area contributed by atoms with Crippen molar-refractivity contribution in [2.45, 2.75) is 32.7 Å². The fraction of sp³-hybridized carbons (Fsp3) is 0.562. The number of nitrogens with one attached hydrogen (secondary N) is 2. The lowest BCUT2D eigenvalue weighted by molar-refractivity contribution is -0.133. The maximum absolute atomic E-state index is 12.5. The predicted octanol–water partition coefficient (Wildman–Crippen LogP) is 2.09. The summed E-state index contributed by atoms with van der Waals surface area (Å²) in [5.74, 6) is 1.01.